The van der Waals surface area contributed by atoms with Gasteiger partial charge in [-0.25, -0.2) is 4.98 Å². The minimum atomic E-state index is -0.0279. The number of pyridine rings is 1. The van der Waals surface area contributed by atoms with Gasteiger partial charge in [-0.3, -0.25) is 0 Å². The molecular weight excluding hydrogens is 220 g/mol. The monoisotopic (exact) mass is 236 g/mol. The highest BCUT2D eigenvalue weighted by Gasteiger charge is 2.09. The lowest BCUT2D eigenvalue weighted by Crippen LogP contribution is -2.12. The van der Waals surface area contributed by atoms with Crippen molar-refractivity contribution in [1.29, 1.82) is 5.26 Å². The summed E-state index contributed by atoms with van der Waals surface area (Å²) in [5.41, 5.74) is 1.26. The molecule has 0 aliphatic rings. The summed E-state index contributed by atoms with van der Waals surface area (Å²) in [4.78, 5) is 4.21. The van der Waals surface area contributed by atoms with Crippen LogP contribution in [0.1, 0.15) is 11.1 Å². The fourth-order valence-corrected chi connectivity index (χ4v) is 1.39. The van der Waals surface area contributed by atoms with Crippen molar-refractivity contribution < 1.29 is 10.2 Å². The van der Waals surface area contributed by atoms with E-state index in [1.807, 2.05) is 6.92 Å². The molecule has 0 aliphatic carbocycles. The average Bonchev–Trinajstić information content (AvgIpc) is 2.33. The molecule has 4 N–H and O–H groups in total. The first-order valence-electron chi connectivity index (χ1n) is 5.34. The molecule has 1 rings (SSSR count). The van der Waals surface area contributed by atoms with E-state index in [0.717, 1.165) is 5.56 Å². The van der Waals surface area contributed by atoms with Crippen molar-refractivity contribution in [2.45, 2.75) is 6.92 Å². The van der Waals surface area contributed by atoms with Gasteiger partial charge in [-0.2, -0.15) is 5.26 Å². The number of aromatic nitrogens is 1. The van der Waals surface area contributed by atoms with Crippen LogP contribution in [-0.4, -0.2) is 41.5 Å². The second-order valence-electron chi connectivity index (χ2n) is 3.46. The van der Waals surface area contributed by atoms with E-state index in [-0.39, 0.29) is 13.2 Å². The molecule has 0 bridgehead atoms. The van der Waals surface area contributed by atoms with E-state index in [9.17, 15) is 0 Å². The van der Waals surface area contributed by atoms with Gasteiger partial charge in [-0.1, -0.05) is 0 Å². The van der Waals surface area contributed by atoms with Crippen molar-refractivity contribution >= 4 is 11.6 Å². The lowest BCUT2D eigenvalue weighted by Gasteiger charge is -2.11. The summed E-state index contributed by atoms with van der Waals surface area (Å²) in [5, 5.41) is 32.3. The van der Waals surface area contributed by atoms with Crippen LogP contribution in [0.3, 0.4) is 0 Å². The zero-order valence-corrected chi connectivity index (χ0v) is 9.69. The summed E-state index contributed by atoms with van der Waals surface area (Å²) in [6.07, 6.45) is 0. The zero-order valence-electron chi connectivity index (χ0n) is 9.69. The highest BCUT2D eigenvalue weighted by molar-refractivity contribution is 5.60. The van der Waals surface area contributed by atoms with E-state index in [1.165, 1.54) is 0 Å². The second-order valence-corrected chi connectivity index (χ2v) is 3.46. The molecule has 0 unspecified atom stereocenters. The van der Waals surface area contributed by atoms with Gasteiger partial charge in [0, 0.05) is 13.1 Å². The molecule has 0 spiro atoms. The molecule has 1 aromatic heterocycles. The van der Waals surface area contributed by atoms with E-state index in [2.05, 4.69) is 21.7 Å². The number of rotatable bonds is 6. The van der Waals surface area contributed by atoms with Gasteiger partial charge >= 0.3 is 0 Å². The van der Waals surface area contributed by atoms with Crippen molar-refractivity contribution in [3.8, 4) is 6.07 Å². The number of aliphatic hydroxyl groups is 2. The van der Waals surface area contributed by atoms with Crippen LogP contribution < -0.4 is 10.6 Å². The first kappa shape index (κ1) is 13.2. The lowest BCUT2D eigenvalue weighted by atomic mass is 10.1. The normalized spacial score (nSPS) is 9.76. The third kappa shape index (κ3) is 3.59. The fraction of sp³-hybridized carbons (Fsp3) is 0.455. The van der Waals surface area contributed by atoms with Crippen LogP contribution in [-0.2, 0) is 0 Å². The number of hydrogen-bond donors (Lipinski definition) is 4. The number of hydrogen-bond acceptors (Lipinski definition) is 6. The average molecular weight is 236 g/mol. The van der Waals surface area contributed by atoms with Crippen molar-refractivity contribution in [2.75, 3.05) is 36.9 Å². The van der Waals surface area contributed by atoms with Crippen LogP contribution in [0.25, 0.3) is 0 Å². The van der Waals surface area contributed by atoms with E-state index in [4.69, 9.17) is 15.5 Å². The second kappa shape index (κ2) is 6.68. The largest absolute Gasteiger partial charge is 0.395 e. The van der Waals surface area contributed by atoms with Gasteiger partial charge in [0.15, 0.2) is 0 Å². The van der Waals surface area contributed by atoms with Gasteiger partial charge in [0.05, 0.1) is 18.8 Å². The summed E-state index contributed by atoms with van der Waals surface area (Å²) in [6.45, 7) is 2.54. The molecule has 17 heavy (non-hydrogen) atoms. The lowest BCUT2D eigenvalue weighted by molar-refractivity contribution is 0.311. The molecule has 0 radical (unpaired) electrons. The van der Waals surface area contributed by atoms with Crippen LogP contribution in [0, 0.1) is 18.3 Å². The van der Waals surface area contributed by atoms with Crippen molar-refractivity contribution in [1.82, 2.24) is 4.98 Å². The third-order valence-corrected chi connectivity index (χ3v) is 2.15. The minimum Gasteiger partial charge on any atom is -0.395 e. The number of nitriles is 1. The Morgan fingerprint density at radius 3 is 2.53 bits per heavy atom. The van der Waals surface area contributed by atoms with Crippen LogP contribution in [0.15, 0.2) is 6.07 Å². The van der Waals surface area contributed by atoms with Crippen molar-refractivity contribution in [2.24, 2.45) is 0 Å². The molecule has 0 saturated heterocycles. The maximum absolute atomic E-state index is 9.01. The molecule has 6 nitrogen and oxygen atoms in total. The fourth-order valence-electron chi connectivity index (χ4n) is 1.39. The number of anilines is 2. The predicted octanol–water partition coefficient (Wildman–Crippen LogP) is 0.0701. The Labute approximate surface area is 99.9 Å². The molecule has 0 saturated carbocycles. The number of aryl methyl sites for hydroxylation is 1. The summed E-state index contributed by atoms with van der Waals surface area (Å²) in [7, 11) is 0. The summed E-state index contributed by atoms with van der Waals surface area (Å²) < 4.78 is 0. The van der Waals surface area contributed by atoms with Crippen LogP contribution in [0.4, 0.5) is 11.6 Å². The van der Waals surface area contributed by atoms with Crippen LogP contribution >= 0.6 is 0 Å². The Bertz CT molecular complexity index is 415. The number of nitrogens with one attached hydrogen (secondary N) is 2. The van der Waals surface area contributed by atoms with Gasteiger partial charge in [-0.15, -0.1) is 0 Å². The summed E-state index contributed by atoms with van der Waals surface area (Å²) in [6, 6.07) is 3.82. The predicted molar refractivity (Wildman–Crippen MR) is 64.8 cm³/mol. The Kier molecular flexibility index (Phi) is 5.20. The Morgan fingerprint density at radius 2 is 1.94 bits per heavy atom. The molecule has 0 fully saturated rings. The van der Waals surface area contributed by atoms with Crippen LogP contribution in [0.2, 0.25) is 0 Å². The Hall–Kier alpha value is -1.84. The maximum Gasteiger partial charge on any atom is 0.146 e. The molecule has 0 aliphatic heterocycles. The molecule has 92 valence electrons. The van der Waals surface area contributed by atoms with Gasteiger partial charge in [0.2, 0.25) is 0 Å². The molecule has 1 aromatic rings. The van der Waals surface area contributed by atoms with E-state index in [0.29, 0.717) is 30.3 Å². The smallest absolute Gasteiger partial charge is 0.146 e. The van der Waals surface area contributed by atoms with Gasteiger partial charge in [0.25, 0.3) is 0 Å². The first-order valence-corrected chi connectivity index (χ1v) is 5.34. The molecule has 6 heteroatoms. The number of aliphatic hydroxyl groups excluding tert-OH is 2. The van der Waals surface area contributed by atoms with Gasteiger partial charge in [0.1, 0.15) is 17.7 Å². The summed E-state index contributed by atoms with van der Waals surface area (Å²) in [5.74, 6) is 1.04. The number of nitrogens with zero attached hydrogens (tertiary/aromatic N) is 2. The summed E-state index contributed by atoms with van der Waals surface area (Å²) >= 11 is 0. The molecule has 0 aromatic carbocycles. The van der Waals surface area contributed by atoms with E-state index >= 15 is 0 Å². The quantitative estimate of drug-likeness (QED) is 0.557. The van der Waals surface area contributed by atoms with Gasteiger partial charge < -0.3 is 20.8 Å². The highest BCUT2D eigenvalue weighted by atomic mass is 16.3. The first-order chi connectivity index (χ1) is 8.22. The molecule has 0 amide bonds. The van der Waals surface area contributed by atoms with Gasteiger partial charge in [-0.05, 0) is 18.6 Å². The molecular formula is C11H16N4O2. The zero-order chi connectivity index (χ0) is 12.7. The highest BCUT2D eigenvalue weighted by Crippen LogP contribution is 2.20. The maximum atomic E-state index is 9.01. The standard InChI is InChI=1S/C11H16N4O2/c1-8-6-10(13-2-4-16)15-11(9(8)7-12)14-3-5-17/h6,16-17H,2-5H2,1H3,(H2,13,14,15). The van der Waals surface area contributed by atoms with Crippen molar-refractivity contribution in [3.63, 3.8) is 0 Å². The third-order valence-electron chi connectivity index (χ3n) is 2.15. The Balaban J connectivity index is 2.97. The molecule has 1 heterocycles. The topological polar surface area (TPSA) is 101 Å². The van der Waals surface area contributed by atoms with E-state index in [1.54, 1.807) is 6.07 Å². The van der Waals surface area contributed by atoms with E-state index < -0.39 is 0 Å². The minimum absolute atomic E-state index is 0.0140. The van der Waals surface area contributed by atoms with Crippen LogP contribution in [0.5, 0.6) is 0 Å². The molecule has 0 atom stereocenters. The Morgan fingerprint density at radius 1 is 1.29 bits per heavy atom. The SMILES string of the molecule is Cc1cc(NCCO)nc(NCCO)c1C#N. The van der Waals surface area contributed by atoms with Crippen molar-refractivity contribution in [3.05, 3.63) is 17.2 Å².